The first-order chi connectivity index (χ1) is 14.7. The summed E-state index contributed by atoms with van der Waals surface area (Å²) in [4.78, 5) is 17.2. The van der Waals surface area contributed by atoms with Crippen molar-refractivity contribution in [3.05, 3.63) is 87.9 Å². The van der Waals surface area contributed by atoms with Crippen LogP contribution in [0.25, 0.3) is 0 Å². The summed E-state index contributed by atoms with van der Waals surface area (Å²) < 4.78 is 6.01. The zero-order valence-electron chi connectivity index (χ0n) is 19.8. The molecule has 2 aromatic carbocycles. The Morgan fingerprint density at radius 2 is 1.55 bits per heavy atom. The number of amides is 1. The lowest BCUT2D eigenvalue weighted by Gasteiger charge is -2.26. The second kappa shape index (κ2) is 9.42. The van der Waals surface area contributed by atoms with Crippen molar-refractivity contribution in [1.82, 2.24) is 4.90 Å². The maximum Gasteiger partial charge on any atom is 0.290 e. The van der Waals surface area contributed by atoms with E-state index in [0.29, 0.717) is 18.7 Å². The number of nitrogens with zero attached hydrogens (tertiary/aromatic N) is 2. The van der Waals surface area contributed by atoms with Gasteiger partial charge in [-0.15, -0.1) is 0 Å². The van der Waals surface area contributed by atoms with Crippen LogP contribution in [-0.4, -0.2) is 30.9 Å². The van der Waals surface area contributed by atoms with Gasteiger partial charge >= 0.3 is 0 Å². The number of carbonyl (C=O) groups is 1. The highest BCUT2D eigenvalue weighted by Crippen LogP contribution is 2.23. The summed E-state index contributed by atoms with van der Waals surface area (Å²) >= 11 is 0. The Bertz CT molecular complexity index is 1020. The standard InChI is InChI=1S/C27H34N2O2/c1-18(2)29(17-22-8-10-23(11-9-22)28(6)7)27(30)26-13-12-24(31-26)16-25-20(4)14-19(3)15-21(25)5/h8-15,18H,16-17H2,1-7H3. The van der Waals surface area contributed by atoms with Gasteiger partial charge in [0.2, 0.25) is 0 Å². The fourth-order valence-corrected chi connectivity index (χ4v) is 3.98. The van der Waals surface area contributed by atoms with Crippen LogP contribution in [0.1, 0.15) is 58.0 Å². The third-order valence-corrected chi connectivity index (χ3v) is 5.75. The first-order valence-electron chi connectivity index (χ1n) is 10.9. The average Bonchev–Trinajstić information content (AvgIpc) is 3.17. The predicted octanol–water partition coefficient (Wildman–Crippen LogP) is 5.91. The Morgan fingerprint density at radius 1 is 0.935 bits per heavy atom. The van der Waals surface area contributed by atoms with Gasteiger partial charge in [0.25, 0.3) is 5.91 Å². The van der Waals surface area contributed by atoms with E-state index in [4.69, 9.17) is 4.42 Å². The smallest absolute Gasteiger partial charge is 0.290 e. The van der Waals surface area contributed by atoms with Crippen molar-refractivity contribution in [3.8, 4) is 0 Å². The number of anilines is 1. The second-order valence-electron chi connectivity index (χ2n) is 8.91. The molecule has 0 N–H and O–H groups in total. The minimum Gasteiger partial charge on any atom is -0.456 e. The number of furan rings is 1. The molecule has 0 aliphatic heterocycles. The van der Waals surface area contributed by atoms with Crippen molar-refractivity contribution in [1.29, 1.82) is 0 Å². The van der Waals surface area contributed by atoms with Crippen LogP contribution in [0.4, 0.5) is 5.69 Å². The summed E-state index contributed by atoms with van der Waals surface area (Å²) in [5.41, 5.74) is 7.29. The molecule has 0 radical (unpaired) electrons. The first-order valence-corrected chi connectivity index (χ1v) is 10.9. The van der Waals surface area contributed by atoms with Gasteiger partial charge in [-0.2, -0.15) is 0 Å². The lowest BCUT2D eigenvalue weighted by atomic mass is 9.97. The molecule has 0 spiro atoms. The van der Waals surface area contributed by atoms with Gasteiger partial charge in [0.05, 0.1) is 0 Å². The van der Waals surface area contributed by atoms with E-state index in [1.165, 1.54) is 22.3 Å². The molecule has 164 valence electrons. The molecule has 0 unspecified atom stereocenters. The summed E-state index contributed by atoms with van der Waals surface area (Å²) in [7, 11) is 4.04. The van der Waals surface area contributed by atoms with Crippen LogP contribution < -0.4 is 4.90 Å². The van der Waals surface area contributed by atoms with Gasteiger partial charge < -0.3 is 14.2 Å². The largest absolute Gasteiger partial charge is 0.456 e. The molecule has 1 aromatic heterocycles. The molecular formula is C27H34N2O2. The number of rotatable bonds is 7. The van der Waals surface area contributed by atoms with Crippen LogP contribution in [0.3, 0.4) is 0 Å². The van der Waals surface area contributed by atoms with Gasteiger partial charge in [0, 0.05) is 38.8 Å². The number of aryl methyl sites for hydroxylation is 3. The topological polar surface area (TPSA) is 36.7 Å². The van der Waals surface area contributed by atoms with Crippen molar-refractivity contribution in [2.75, 3.05) is 19.0 Å². The molecule has 0 saturated heterocycles. The minimum absolute atomic E-state index is 0.0659. The maximum absolute atomic E-state index is 13.2. The Balaban J connectivity index is 1.77. The van der Waals surface area contributed by atoms with Crippen molar-refractivity contribution in [2.24, 2.45) is 0 Å². The Hall–Kier alpha value is -3.01. The highest BCUT2D eigenvalue weighted by molar-refractivity contribution is 5.91. The average molecular weight is 419 g/mol. The summed E-state index contributed by atoms with van der Waals surface area (Å²) in [5, 5.41) is 0. The van der Waals surface area contributed by atoms with Gasteiger partial charge in [-0.1, -0.05) is 29.8 Å². The quantitative estimate of drug-likeness (QED) is 0.478. The number of benzene rings is 2. The summed E-state index contributed by atoms with van der Waals surface area (Å²) in [6, 6.07) is 16.5. The molecule has 0 aliphatic carbocycles. The van der Waals surface area contributed by atoms with E-state index in [9.17, 15) is 4.79 Å². The fraction of sp³-hybridized carbons (Fsp3) is 0.370. The molecule has 3 aromatic rings. The van der Waals surface area contributed by atoms with Gasteiger partial charge in [-0.05, 0) is 81.1 Å². The van der Waals surface area contributed by atoms with E-state index in [1.54, 1.807) is 6.07 Å². The normalized spacial score (nSPS) is 11.1. The molecule has 1 heterocycles. The molecule has 0 atom stereocenters. The molecule has 3 rings (SSSR count). The van der Waals surface area contributed by atoms with Crippen LogP contribution in [0.5, 0.6) is 0 Å². The van der Waals surface area contributed by atoms with Gasteiger partial charge in [0.15, 0.2) is 5.76 Å². The molecular weight excluding hydrogens is 384 g/mol. The summed E-state index contributed by atoms with van der Waals surface area (Å²) in [6.45, 7) is 11.0. The highest BCUT2D eigenvalue weighted by Gasteiger charge is 2.22. The number of hydrogen-bond donors (Lipinski definition) is 0. The van der Waals surface area contributed by atoms with Gasteiger partial charge in [-0.3, -0.25) is 4.79 Å². The highest BCUT2D eigenvalue weighted by atomic mass is 16.4. The monoisotopic (exact) mass is 418 g/mol. The summed E-state index contributed by atoms with van der Waals surface area (Å²) in [5.74, 6) is 1.14. The molecule has 0 aliphatic rings. The third-order valence-electron chi connectivity index (χ3n) is 5.75. The van der Waals surface area contributed by atoms with Crippen LogP contribution >= 0.6 is 0 Å². The number of hydrogen-bond acceptors (Lipinski definition) is 3. The first kappa shape index (κ1) is 22.7. The van der Waals surface area contributed by atoms with E-state index in [0.717, 1.165) is 17.0 Å². The number of carbonyl (C=O) groups excluding carboxylic acids is 1. The van der Waals surface area contributed by atoms with Gasteiger partial charge in [0.1, 0.15) is 5.76 Å². The molecule has 0 fully saturated rings. The van der Waals surface area contributed by atoms with E-state index in [2.05, 4.69) is 62.1 Å². The van der Waals surface area contributed by atoms with Crippen molar-refractivity contribution in [2.45, 2.75) is 53.6 Å². The molecule has 4 nitrogen and oxygen atoms in total. The zero-order valence-corrected chi connectivity index (χ0v) is 19.8. The van der Waals surface area contributed by atoms with Crippen molar-refractivity contribution < 1.29 is 9.21 Å². The second-order valence-corrected chi connectivity index (χ2v) is 8.91. The van der Waals surface area contributed by atoms with E-state index >= 15 is 0 Å². The SMILES string of the molecule is Cc1cc(C)c(Cc2ccc(C(=O)N(Cc3ccc(N(C)C)cc3)C(C)C)o2)c(C)c1. The molecule has 0 saturated carbocycles. The third kappa shape index (κ3) is 5.38. The zero-order chi connectivity index (χ0) is 22.7. The Morgan fingerprint density at radius 3 is 2.10 bits per heavy atom. The molecule has 0 bridgehead atoms. The van der Waals surface area contributed by atoms with Crippen LogP contribution in [-0.2, 0) is 13.0 Å². The maximum atomic E-state index is 13.2. The Labute approximate surface area is 186 Å². The lowest BCUT2D eigenvalue weighted by Crippen LogP contribution is -2.36. The lowest BCUT2D eigenvalue weighted by molar-refractivity contribution is 0.0656. The molecule has 31 heavy (non-hydrogen) atoms. The van der Waals surface area contributed by atoms with Crippen molar-refractivity contribution in [3.63, 3.8) is 0 Å². The molecule has 4 heteroatoms. The van der Waals surface area contributed by atoms with Gasteiger partial charge in [-0.25, -0.2) is 0 Å². The fourth-order valence-electron chi connectivity index (χ4n) is 3.98. The minimum atomic E-state index is -0.0738. The van der Waals surface area contributed by atoms with E-state index < -0.39 is 0 Å². The predicted molar refractivity (Wildman–Crippen MR) is 128 cm³/mol. The van der Waals surface area contributed by atoms with Crippen LogP contribution in [0.2, 0.25) is 0 Å². The van der Waals surface area contributed by atoms with E-state index in [1.807, 2.05) is 38.9 Å². The molecule has 1 amide bonds. The summed E-state index contributed by atoms with van der Waals surface area (Å²) in [6.07, 6.45) is 0.693. The van der Waals surface area contributed by atoms with Crippen LogP contribution in [0, 0.1) is 20.8 Å². The van der Waals surface area contributed by atoms with Crippen molar-refractivity contribution >= 4 is 11.6 Å². The van der Waals surface area contributed by atoms with Crippen LogP contribution in [0.15, 0.2) is 52.9 Å². The Kier molecular flexibility index (Phi) is 6.89. The van der Waals surface area contributed by atoms with E-state index in [-0.39, 0.29) is 11.9 Å².